The van der Waals surface area contributed by atoms with E-state index in [9.17, 15) is 0 Å². The van der Waals surface area contributed by atoms with E-state index in [4.69, 9.17) is 9.47 Å². The maximum atomic E-state index is 5.89. The van der Waals surface area contributed by atoms with Gasteiger partial charge in [-0.2, -0.15) is 0 Å². The lowest BCUT2D eigenvalue weighted by Gasteiger charge is -2.47. The Bertz CT molecular complexity index is 406. The van der Waals surface area contributed by atoms with Crippen LogP contribution in [0.3, 0.4) is 0 Å². The van der Waals surface area contributed by atoms with Crippen LogP contribution in [0.25, 0.3) is 0 Å². The van der Waals surface area contributed by atoms with Crippen LogP contribution < -0.4 is 10.1 Å². The zero-order valence-electron chi connectivity index (χ0n) is 13.7. The van der Waals surface area contributed by atoms with Crippen LogP contribution in [0.15, 0.2) is 24.3 Å². The highest BCUT2D eigenvalue weighted by atomic mass is 16.5. The highest BCUT2D eigenvalue weighted by Gasteiger charge is 2.44. The molecule has 0 heterocycles. The molecule has 1 aliphatic rings. The van der Waals surface area contributed by atoms with Crippen molar-refractivity contribution >= 4 is 0 Å². The van der Waals surface area contributed by atoms with Gasteiger partial charge in [0, 0.05) is 7.11 Å². The Morgan fingerprint density at radius 2 is 1.86 bits per heavy atom. The topological polar surface area (TPSA) is 30.5 Å². The van der Waals surface area contributed by atoms with Gasteiger partial charge in [-0.05, 0) is 56.3 Å². The maximum absolute atomic E-state index is 5.89. The van der Waals surface area contributed by atoms with Crippen molar-refractivity contribution < 1.29 is 9.47 Å². The number of hydrogen-bond donors (Lipinski definition) is 1. The summed E-state index contributed by atoms with van der Waals surface area (Å²) < 4.78 is 11.6. The first-order valence-corrected chi connectivity index (χ1v) is 8.27. The fourth-order valence-electron chi connectivity index (χ4n) is 3.01. The molecule has 1 aliphatic carbocycles. The maximum Gasteiger partial charge on any atom is 0.119 e. The number of methoxy groups -OCH3 is 1. The highest BCUT2D eigenvalue weighted by molar-refractivity contribution is 5.31. The molecule has 0 saturated heterocycles. The van der Waals surface area contributed by atoms with Crippen LogP contribution in [0.4, 0.5) is 0 Å². The van der Waals surface area contributed by atoms with Crippen LogP contribution in [-0.4, -0.2) is 25.9 Å². The first-order valence-electron chi connectivity index (χ1n) is 8.27. The predicted octanol–water partition coefficient (Wildman–Crippen LogP) is 4.09. The van der Waals surface area contributed by atoms with E-state index >= 15 is 0 Å². The number of benzene rings is 1. The van der Waals surface area contributed by atoms with Crippen LogP contribution in [0.5, 0.6) is 5.75 Å². The molecule has 2 rings (SSSR count). The van der Waals surface area contributed by atoms with E-state index in [1.807, 2.05) is 7.11 Å². The second-order valence-electron chi connectivity index (χ2n) is 5.93. The Balaban J connectivity index is 2.12. The SMILES string of the molecule is CCCNC(c1ccc(OCCC)cc1)C1(OC)CCC1. The molecule has 0 radical (unpaired) electrons. The van der Waals surface area contributed by atoms with E-state index in [1.54, 1.807) is 0 Å². The summed E-state index contributed by atoms with van der Waals surface area (Å²) >= 11 is 0. The fourth-order valence-corrected chi connectivity index (χ4v) is 3.01. The van der Waals surface area contributed by atoms with Crippen molar-refractivity contribution in [1.82, 2.24) is 5.32 Å². The van der Waals surface area contributed by atoms with Crippen LogP contribution in [0.1, 0.15) is 57.6 Å². The largest absolute Gasteiger partial charge is 0.494 e. The van der Waals surface area contributed by atoms with E-state index < -0.39 is 0 Å². The van der Waals surface area contributed by atoms with Crippen LogP contribution in [-0.2, 0) is 4.74 Å². The summed E-state index contributed by atoms with van der Waals surface area (Å²) in [5.74, 6) is 0.954. The molecule has 0 spiro atoms. The lowest BCUT2D eigenvalue weighted by Crippen LogP contribution is -2.50. The van der Waals surface area contributed by atoms with Gasteiger partial charge in [-0.3, -0.25) is 0 Å². The van der Waals surface area contributed by atoms with Crippen LogP contribution in [0.2, 0.25) is 0 Å². The average molecular weight is 291 g/mol. The Kier molecular flexibility index (Phi) is 6.07. The van der Waals surface area contributed by atoms with E-state index in [2.05, 4.69) is 43.4 Å². The highest BCUT2D eigenvalue weighted by Crippen LogP contribution is 2.45. The van der Waals surface area contributed by atoms with Gasteiger partial charge in [-0.15, -0.1) is 0 Å². The van der Waals surface area contributed by atoms with E-state index in [1.165, 1.54) is 12.0 Å². The molecule has 3 nitrogen and oxygen atoms in total. The van der Waals surface area contributed by atoms with Crippen molar-refractivity contribution in [2.45, 2.75) is 57.6 Å². The van der Waals surface area contributed by atoms with Gasteiger partial charge in [-0.1, -0.05) is 26.0 Å². The normalized spacial score (nSPS) is 18.0. The second kappa shape index (κ2) is 7.81. The van der Waals surface area contributed by atoms with Crippen LogP contribution in [0, 0.1) is 0 Å². The van der Waals surface area contributed by atoms with Gasteiger partial charge in [0.1, 0.15) is 5.75 Å². The molecule has 1 N–H and O–H groups in total. The van der Waals surface area contributed by atoms with Crippen molar-refractivity contribution in [3.05, 3.63) is 29.8 Å². The summed E-state index contributed by atoms with van der Waals surface area (Å²) in [5, 5.41) is 3.68. The molecule has 1 unspecified atom stereocenters. The van der Waals surface area contributed by atoms with Gasteiger partial charge in [0.05, 0.1) is 18.2 Å². The number of rotatable bonds is 9. The fraction of sp³-hybridized carbons (Fsp3) is 0.667. The van der Waals surface area contributed by atoms with Gasteiger partial charge in [0.15, 0.2) is 0 Å². The first kappa shape index (κ1) is 16.3. The molecular weight excluding hydrogens is 262 g/mol. The van der Waals surface area contributed by atoms with Gasteiger partial charge in [0.25, 0.3) is 0 Å². The average Bonchev–Trinajstić information content (AvgIpc) is 2.48. The van der Waals surface area contributed by atoms with Gasteiger partial charge in [0.2, 0.25) is 0 Å². The van der Waals surface area contributed by atoms with Gasteiger partial charge in [-0.25, -0.2) is 0 Å². The zero-order chi connectivity index (χ0) is 15.1. The summed E-state index contributed by atoms with van der Waals surface area (Å²) in [6.07, 6.45) is 5.71. The van der Waals surface area contributed by atoms with E-state index in [-0.39, 0.29) is 11.6 Å². The van der Waals surface area contributed by atoms with E-state index in [0.29, 0.717) is 0 Å². The Labute approximate surface area is 129 Å². The zero-order valence-corrected chi connectivity index (χ0v) is 13.7. The predicted molar refractivity (Wildman–Crippen MR) is 86.9 cm³/mol. The molecule has 0 aromatic heterocycles. The standard InChI is InChI=1S/C18H29NO2/c1-4-13-19-17(18(20-3)11-6-12-18)15-7-9-16(10-8-15)21-14-5-2/h7-10,17,19H,4-6,11-14H2,1-3H3. The number of hydrogen-bond acceptors (Lipinski definition) is 3. The van der Waals surface area contributed by atoms with E-state index in [0.717, 1.165) is 44.6 Å². The molecule has 1 atom stereocenters. The lowest BCUT2D eigenvalue weighted by molar-refractivity contribution is -0.0997. The number of nitrogens with one attached hydrogen (secondary N) is 1. The van der Waals surface area contributed by atoms with Gasteiger partial charge < -0.3 is 14.8 Å². The monoisotopic (exact) mass is 291 g/mol. The minimum absolute atomic E-state index is 0.0268. The van der Waals surface area contributed by atoms with Crippen molar-refractivity contribution in [2.75, 3.05) is 20.3 Å². The quantitative estimate of drug-likeness (QED) is 0.743. The van der Waals surface area contributed by atoms with Crippen molar-refractivity contribution in [1.29, 1.82) is 0 Å². The van der Waals surface area contributed by atoms with Crippen molar-refractivity contribution in [3.8, 4) is 5.75 Å². The third-order valence-corrected chi connectivity index (χ3v) is 4.42. The first-order chi connectivity index (χ1) is 10.3. The van der Waals surface area contributed by atoms with Crippen molar-refractivity contribution in [2.24, 2.45) is 0 Å². The molecule has 3 heteroatoms. The molecule has 21 heavy (non-hydrogen) atoms. The summed E-state index contributed by atoms with van der Waals surface area (Å²) in [7, 11) is 1.85. The third-order valence-electron chi connectivity index (χ3n) is 4.42. The molecule has 0 amide bonds. The summed E-state index contributed by atoms with van der Waals surface area (Å²) in [6, 6.07) is 8.78. The third kappa shape index (κ3) is 3.78. The molecule has 1 saturated carbocycles. The Morgan fingerprint density at radius 1 is 1.14 bits per heavy atom. The minimum Gasteiger partial charge on any atom is -0.494 e. The minimum atomic E-state index is -0.0268. The Hall–Kier alpha value is -1.06. The smallest absolute Gasteiger partial charge is 0.119 e. The summed E-state index contributed by atoms with van der Waals surface area (Å²) in [6.45, 7) is 6.12. The molecule has 0 aliphatic heterocycles. The molecule has 1 fully saturated rings. The van der Waals surface area contributed by atoms with Gasteiger partial charge >= 0.3 is 0 Å². The van der Waals surface area contributed by atoms with Crippen LogP contribution >= 0.6 is 0 Å². The summed E-state index contributed by atoms with van der Waals surface area (Å²) in [5.41, 5.74) is 1.27. The van der Waals surface area contributed by atoms with Crippen molar-refractivity contribution in [3.63, 3.8) is 0 Å². The Morgan fingerprint density at radius 3 is 2.33 bits per heavy atom. The summed E-state index contributed by atoms with van der Waals surface area (Å²) in [4.78, 5) is 0. The molecule has 1 aromatic carbocycles. The molecule has 0 bridgehead atoms. The second-order valence-corrected chi connectivity index (χ2v) is 5.93. The molecule has 118 valence electrons. The molecule has 1 aromatic rings. The molecular formula is C18H29NO2. The number of ether oxygens (including phenoxy) is 2. The lowest BCUT2D eigenvalue weighted by atomic mass is 9.72.